The first kappa shape index (κ1) is 9.55. The van der Waals surface area contributed by atoms with Crippen molar-refractivity contribution in [3.05, 3.63) is 30.1 Å². The lowest BCUT2D eigenvalue weighted by molar-refractivity contribution is 0.781. The summed E-state index contributed by atoms with van der Waals surface area (Å²) in [4.78, 5) is 4.07. The average Bonchev–Trinajstić information content (AvgIpc) is 2.15. The highest BCUT2D eigenvalue weighted by molar-refractivity contribution is 7.98. The Kier molecular flexibility index (Phi) is 4.11. The van der Waals surface area contributed by atoms with Gasteiger partial charge in [-0.15, -0.1) is 0 Å². The van der Waals surface area contributed by atoms with E-state index in [2.05, 4.69) is 17.3 Å². The van der Waals surface area contributed by atoms with Gasteiger partial charge in [0.2, 0.25) is 0 Å². The molecule has 0 aliphatic carbocycles. The second kappa shape index (κ2) is 5.17. The van der Waals surface area contributed by atoms with Gasteiger partial charge in [0, 0.05) is 30.6 Å². The van der Waals surface area contributed by atoms with Gasteiger partial charge in [0.05, 0.1) is 0 Å². The highest BCUT2D eigenvalue weighted by atomic mass is 32.2. The summed E-state index contributed by atoms with van der Waals surface area (Å²) in [6, 6.07) is 4.04. The van der Waals surface area contributed by atoms with Gasteiger partial charge >= 0.3 is 0 Å². The number of aromatic nitrogens is 1. The zero-order chi connectivity index (χ0) is 8.81. The Bertz CT molecular complexity index is 213. The van der Waals surface area contributed by atoms with Crippen LogP contribution in [0.25, 0.3) is 0 Å². The first-order valence-corrected chi connectivity index (χ1v) is 5.36. The van der Waals surface area contributed by atoms with Crippen LogP contribution in [0.3, 0.4) is 0 Å². The third-order valence-electron chi connectivity index (χ3n) is 1.81. The summed E-state index contributed by atoms with van der Waals surface area (Å²) in [6.07, 6.45) is 5.78. The summed E-state index contributed by atoms with van der Waals surface area (Å²) in [7, 11) is 0. The van der Waals surface area contributed by atoms with E-state index in [4.69, 9.17) is 5.73 Å². The van der Waals surface area contributed by atoms with Gasteiger partial charge in [-0.1, -0.05) is 6.07 Å². The number of nitrogens with zero attached hydrogens (tertiary/aromatic N) is 1. The van der Waals surface area contributed by atoms with Gasteiger partial charge in [-0.25, -0.2) is 0 Å². The van der Waals surface area contributed by atoms with Crippen molar-refractivity contribution >= 4 is 11.8 Å². The van der Waals surface area contributed by atoms with Gasteiger partial charge in [-0.05, 0) is 17.9 Å². The van der Waals surface area contributed by atoms with Crippen molar-refractivity contribution in [2.24, 2.45) is 5.73 Å². The molecule has 2 N–H and O–H groups in total. The normalized spacial score (nSPS) is 12.8. The third-order valence-corrected chi connectivity index (χ3v) is 2.54. The molecule has 0 aliphatic rings. The van der Waals surface area contributed by atoms with E-state index in [1.54, 1.807) is 6.20 Å². The Morgan fingerprint density at radius 1 is 1.67 bits per heavy atom. The number of thioether (sulfide) groups is 1. The predicted octanol–water partition coefficient (Wildman–Crippen LogP) is 1.49. The lowest BCUT2D eigenvalue weighted by atomic mass is 10.0. The van der Waals surface area contributed by atoms with Gasteiger partial charge in [0.1, 0.15) is 0 Å². The number of hydrogen-bond acceptors (Lipinski definition) is 3. The second-order valence-corrected chi connectivity index (χ2v) is 3.59. The smallest absolute Gasteiger partial charge is 0.0303 e. The van der Waals surface area contributed by atoms with Crippen LogP contribution < -0.4 is 5.73 Å². The standard InChI is InChI=1S/C9H14N2S/c1-12-7-9(5-10)8-3-2-4-11-6-8/h2-4,6,9H,5,7,10H2,1H3. The summed E-state index contributed by atoms with van der Waals surface area (Å²) in [5.74, 6) is 1.52. The van der Waals surface area contributed by atoms with Crippen LogP contribution in [0.4, 0.5) is 0 Å². The van der Waals surface area contributed by atoms with Crippen molar-refractivity contribution in [1.82, 2.24) is 4.98 Å². The van der Waals surface area contributed by atoms with Crippen LogP contribution in [0.2, 0.25) is 0 Å². The zero-order valence-electron chi connectivity index (χ0n) is 7.23. The highest BCUT2D eigenvalue weighted by Gasteiger charge is 2.07. The van der Waals surface area contributed by atoms with Gasteiger partial charge in [0.25, 0.3) is 0 Å². The van der Waals surface area contributed by atoms with E-state index >= 15 is 0 Å². The fourth-order valence-electron chi connectivity index (χ4n) is 1.12. The maximum absolute atomic E-state index is 5.65. The van der Waals surface area contributed by atoms with E-state index in [-0.39, 0.29) is 0 Å². The topological polar surface area (TPSA) is 38.9 Å². The Hall–Kier alpha value is -0.540. The molecule has 0 fully saturated rings. The van der Waals surface area contributed by atoms with Crippen LogP contribution in [-0.4, -0.2) is 23.5 Å². The van der Waals surface area contributed by atoms with Crippen LogP contribution in [0.1, 0.15) is 11.5 Å². The first-order chi connectivity index (χ1) is 5.88. The molecule has 1 heterocycles. The molecule has 0 spiro atoms. The molecule has 66 valence electrons. The summed E-state index contributed by atoms with van der Waals surface area (Å²) < 4.78 is 0. The van der Waals surface area contributed by atoms with Crippen molar-refractivity contribution in [3.8, 4) is 0 Å². The van der Waals surface area contributed by atoms with Gasteiger partial charge < -0.3 is 5.73 Å². The number of hydrogen-bond donors (Lipinski definition) is 1. The Morgan fingerprint density at radius 3 is 3.00 bits per heavy atom. The molecule has 12 heavy (non-hydrogen) atoms. The van der Waals surface area contributed by atoms with E-state index in [1.807, 2.05) is 24.0 Å². The number of nitrogens with two attached hydrogens (primary N) is 1. The zero-order valence-corrected chi connectivity index (χ0v) is 8.05. The molecule has 0 amide bonds. The lowest BCUT2D eigenvalue weighted by Crippen LogP contribution is -2.14. The van der Waals surface area contributed by atoms with Gasteiger partial charge in [0.15, 0.2) is 0 Å². The third kappa shape index (κ3) is 2.50. The molecule has 0 saturated carbocycles. The van der Waals surface area contributed by atoms with E-state index < -0.39 is 0 Å². The summed E-state index contributed by atoms with van der Waals surface area (Å²) >= 11 is 1.82. The van der Waals surface area contributed by atoms with Crippen LogP contribution in [0, 0.1) is 0 Å². The molecule has 0 aliphatic heterocycles. The minimum absolute atomic E-state index is 0.452. The largest absolute Gasteiger partial charge is 0.330 e. The molecule has 0 saturated heterocycles. The van der Waals surface area contributed by atoms with Gasteiger partial charge in [-0.2, -0.15) is 11.8 Å². The molecule has 1 aromatic rings. The fourth-order valence-corrected chi connectivity index (χ4v) is 1.85. The minimum Gasteiger partial charge on any atom is -0.330 e. The molecule has 1 aromatic heterocycles. The monoisotopic (exact) mass is 182 g/mol. The van der Waals surface area contributed by atoms with E-state index in [0.29, 0.717) is 12.5 Å². The highest BCUT2D eigenvalue weighted by Crippen LogP contribution is 2.16. The Balaban J connectivity index is 2.66. The summed E-state index contributed by atoms with van der Waals surface area (Å²) in [5, 5.41) is 0. The number of pyridine rings is 1. The van der Waals surface area contributed by atoms with Crippen molar-refractivity contribution in [3.63, 3.8) is 0 Å². The van der Waals surface area contributed by atoms with Crippen molar-refractivity contribution in [2.75, 3.05) is 18.6 Å². The van der Waals surface area contributed by atoms with Gasteiger partial charge in [-0.3, -0.25) is 4.98 Å². The summed E-state index contributed by atoms with van der Waals surface area (Å²) in [5.41, 5.74) is 6.89. The Morgan fingerprint density at radius 2 is 2.50 bits per heavy atom. The second-order valence-electron chi connectivity index (χ2n) is 2.67. The van der Waals surface area contributed by atoms with E-state index in [1.165, 1.54) is 5.56 Å². The van der Waals surface area contributed by atoms with Crippen LogP contribution in [0.15, 0.2) is 24.5 Å². The molecule has 0 aromatic carbocycles. The summed E-state index contributed by atoms with van der Waals surface area (Å²) in [6.45, 7) is 0.701. The molecule has 1 atom stereocenters. The van der Waals surface area contributed by atoms with Crippen LogP contribution >= 0.6 is 11.8 Å². The first-order valence-electron chi connectivity index (χ1n) is 3.97. The molecule has 3 heteroatoms. The molecule has 1 unspecified atom stereocenters. The molecule has 0 bridgehead atoms. The molecule has 1 rings (SSSR count). The molecular weight excluding hydrogens is 168 g/mol. The average molecular weight is 182 g/mol. The van der Waals surface area contributed by atoms with Crippen molar-refractivity contribution in [2.45, 2.75) is 5.92 Å². The maximum atomic E-state index is 5.65. The lowest BCUT2D eigenvalue weighted by Gasteiger charge is -2.12. The maximum Gasteiger partial charge on any atom is 0.0303 e. The Labute approximate surface area is 77.6 Å². The molecule has 2 nitrogen and oxygen atoms in total. The van der Waals surface area contributed by atoms with E-state index in [0.717, 1.165) is 5.75 Å². The minimum atomic E-state index is 0.452. The predicted molar refractivity (Wildman–Crippen MR) is 54.4 cm³/mol. The molecular formula is C9H14N2S. The quantitative estimate of drug-likeness (QED) is 0.766. The number of rotatable bonds is 4. The van der Waals surface area contributed by atoms with Crippen molar-refractivity contribution in [1.29, 1.82) is 0 Å². The van der Waals surface area contributed by atoms with Crippen LogP contribution in [-0.2, 0) is 0 Å². The fraction of sp³-hybridized carbons (Fsp3) is 0.444. The van der Waals surface area contributed by atoms with E-state index in [9.17, 15) is 0 Å². The molecule has 0 radical (unpaired) electrons. The SMILES string of the molecule is CSCC(CN)c1cccnc1. The van der Waals surface area contributed by atoms with Crippen LogP contribution in [0.5, 0.6) is 0 Å². The van der Waals surface area contributed by atoms with Crippen molar-refractivity contribution < 1.29 is 0 Å².